The van der Waals surface area contributed by atoms with Crippen LogP contribution in [-0.2, 0) is 0 Å². The van der Waals surface area contributed by atoms with Gasteiger partial charge >= 0.3 is 0 Å². The Balaban J connectivity index is 1.93. The first-order chi connectivity index (χ1) is 12.7. The van der Waals surface area contributed by atoms with Crippen LogP contribution in [0, 0.1) is 0 Å². The molecule has 1 aromatic heterocycles. The average Bonchev–Trinajstić information content (AvgIpc) is 3.13. The van der Waals surface area contributed by atoms with Crippen molar-refractivity contribution in [1.82, 2.24) is 4.98 Å². The van der Waals surface area contributed by atoms with Gasteiger partial charge in [-0.1, -0.05) is 72.8 Å². The number of Topliss-reactive ketones (excluding diaryl/α,β-unsaturated/α-hetero) is 1. The molecule has 3 aromatic carbocycles. The number of fused-ring (bicyclic) bond motifs is 1. The number of thiazole rings is 1. The van der Waals surface area contributed by atoms with Crippen molar-refractivity contribution in [3.8, 4) is 0 Å². The summed E-state index contributed by atoms with van der Waals surface area (Å²) in [5.41, 5.74) is 2.14. The van der Waals surface area contributed by atoms with E-state index in [1.54, 1.807) is 24.3 Å². The SMILES string of the molecule is O=C(C(=C(O)c1ccccc1)c1nc2ccccc2s1)c1ccccc1. The summed E-state index contributed by atoms with van der Waals surface area (Å²) in [6.45, 7) is 0. The first-order valence-electron chi connectivity index (χ1n) is 8.18. The van der Waals surface area contributed by atoms with Gasteiger partial charge in [0, 0.05) is 11.1 Å². The van der Waals surface area contributed by atoms with Crippen LogP contribution in [0.2, 0.25) is 0 Å². The molecule has 0 aliphatic carbocycles. The van der Waals surface area contributed by atoms with Crippen molar-refractivity contribution >= 4 is 38.7 Å². The first kappa shape index (κ1) is 16.2. The van der Waals surface area contributed by atoms with E-state index >= 15 is 0 Å². The number of rotatable bonds is 4. The van der Waals surface area contributed by atoms with Crippen molar-refractivity contribution < 1.29 is 9.90 Å². The highest BCUT2D eigenvalue weighted by molar-refractivity contribution is 7.20. The van der Waals surface area contributed by atoms with Crippen LogP contribution in [0.1, 0.15) is 20.9 Å². The first-order valence-corrected chi connectivity index (χ1v) is 9.00. The summed E-state index contributed by atoms with van der Waals surface area (Å²) in [4.78, 5) is 17.8. The lowest BCUT2D eigenvalue weighted by molar-refractivity contribution is 0.105. The minimum Gasteiger partial charge on any atom is -0.506 e. The Hall–Kier alpha value is -3.24. The molecule has 0 saturated carbocycles. The zero-order chi connectivity index (χ0) is 17.9. The van der Waals surface area contributed by atoms with Crippen molar-refractivity contribution in [3.63, 3.8) is 0 Å². The van der Waals surface area contributed by atoms with E-state index in [2.05, 4.69) is 4.98 Å². The molecule has 1 heterocycles. The van der Waals surface area contributed by atoms with Gasteiger partial charge in [-0.05, 0) is 12.1 Å². The van der Waals surface area contributed by atoms with E-state index in [9.17, 15) is 9.90 Å². The zero-order valence-corrected chi connectivity index (χ0v) is 14.6. The molecule has 0 saturated heterocycles. The number of benzene rings is 3. The van der Waals surface area contributed by atoms with Gasteiger partial charge in [0.05, 0.1) is 10.2 Å². The minimum absolute atomic E-state index is 0.0569. The summed E-state index contributed by atoms with van der Waals surface area (Å²) in [7, 11) is 0. The van der Waals surface area contributed by atoms with Crippen LogP contribution in [0.5, 0.6) is 0 Å². The Labute approximate surface area is 154 Å². The molecule has 126 valence electrons. The smallest absolute Gasteiger partial charge is 0.199 e. The Kier molecular flexibility index (Phi) is 4.33. The van der Waals surface area contributed by atoms with Crippen molar-refractivity contribution in [2.45, 2.75) is 0 Å². The van der Waals surface area contributed by atoms with Crippen LogP contribution in [-0.4, -0.2) is 15.9 Å². The van der Waals surface area contributed by atoms with Crippen LogP contribution >= 0.6 is 11.3 Å². The van der Waals surface area contributed by atoms with Gasteiger partial charge in [-0.25, -0.2) is 4.98 Å². The molecule has 0 radical (unpaired) electrons. The van der Waals surface area contributed by atoms with Gasteiger partial charge in [0.2, 0.25) is 0 Å². The van der Waals surface area contributed by atoms with Crippen molar-refractivity contribution in [2.24, 2.45) is 0 Å². The largest absolute Gasteiger partial charge is 0.506 e. The maximum atomic E-state index is 13.2. The number of carbonyl (C=O) groups excluding carboxylic acids is 1. The van der Waals surface area contributed by atoms with Gasteiger partial charge in [0.15, 0.2) is 5.78 Å². The van der Waals surface area contributed by atoms with E-state index in [1.807, 2.05) is 60.7 Å². The fraction of sp³-hybridized carbons (Fsp3) is 0. The average molecular weight is 357 g/mol. The minimum atomic E-state index is -0.244. The van der Waals surface area contributed by atoms with Gasteiger partial charge in [0.25, 0.3) is 0 Å². The summed E-state index contributed by atoms with van der Waals surface area (Å²) >= 11 is 1.40. The number of para-hydroxylation sites is 1. The Morgan fingerprint density at radius 2 is 1.35 bits per heavy atom. The predicted molar refractivity (Wildman–Crippen MR) is 106 cm³/mol. The van der Waals surface area contributed by atoms with Gasteiger partial charge in [0.1, 0.15) is 16.3 Å². The number of nitrogens with zero attached hydrogens (tertiary/aromatic N) is 1. The predicted octanol–water partition coefficient (Wildman–Crippen LogP) is 5.61. The lowest BCUT2D eigenvalue weighted by Crippen LogP contribution is -2.05. The van der Waals surface area contributed by atoms with Gasteiger partial charge in [-0.3, -0.25) is 4.79 Å². The maximum absolute atomic E-state index is 13.2. The Morgan fingerprint density at radius 3 is 2.00 bits per heavy atom. The lowest BCUT2D eigenvalue weighted by Gasteiger charge is -2.08. The van der Waals surface area contributed by atoms with Crippen molar-refractivity contribution in [2.75, 3.05) is 0 Å². The molecule has 1 N–H and O–H groups in total. The van der Waals surface area contributed by atoms with Crippen LogP contribution in [0.25, 0.3) is 21.5 Å². The zero-order valence-electron chi connectivity index (χ0n) is 13.8. The summed E-state index contributed by atoms with van der Waals surface area (Å²) in [5, 5.41) is 11.4. The third kappa shape index (κ3) is 3.03. The van der Waals surface area contributed by atoms with Gasteiger partial charge in [-0.2, -0.15) is 0 Å². The van der Waals surface area contributed by atoms with E-state index in [-0.39, 0.29) is 17.1 Å². The molecule has 3 nitrogen and oxygen atoms in total. The maximum Gasteiger partial charge on any atom is 0.199 e. The topological polar surface area (TPSA) is 50.2 Å². The second kappa shape index (κ2) is 6.94. The fourth-order valence-electron chi connectivity index (χ4n) is 2.76. The number of hydrogen-bond donors (Lipinski definition) is 1. The molecule has 4 aromatic rings. The molecule has 0 unspecified atom stereocenters. The van der Waals surface area contributed by atoms with Gasteiger partial charge < -0.3 is 5.11 Å². The number of ketones is 1. The monoisotopic (exact) mass is 357 g/mol. The molecule has 4 rings (SSSR count). The molecule has 0 fully saturated rings. The molecular weight excluding hydrogens is 342 g/mol. The molecule has 0 atom stereocenters. The number of hydrogen-bond acceptors (Lipinski definition) is 4. The van der Waals surface area contributed by atoms with Crippen molar-refractivity contribution in [3.05, 3.63) is 101 Å². The highest BCUT2D eigenvalue weighted by Crippen LogP contribution is 2.33. The number of carbonyl (C=O) groups is 1. The molecular formula is C22H15NO2S. The molecule has 0 spiro atoms. The summed E-state index contributed by atoms with van der Waals surface area (Å²) in [6.07, 6.45) is 0. The second-order valence-corrected chi connectivity index (χ2v) is 6.80. The third-order valence-corrected chi connectivity index (χ3v) is 5.11. The van der Waals surface area contributed by atoms with Crippen LogP contribution in [0.4, 0.5) is 0 Å². The van der Waals surface area contributed by atoms with E-state index in [0.29, 0.717) is 16.1 Å². The highest BCUT2D eigenvalue weighted by Gasteiger charge is 2.23. The van der Waals surface area contributed by atoms with E-state index in [4.69, 9.17) is 0 Å². The number of aliphatic hydroxyl groups is 1. The van der Waals surface area contributed by atoms with Crippen molar-refractivity contribution in [1.29, 1.82) is 0 Å². The van der Waals surface area contributed by atoms with Crippen LogP contribution < -0.4 is 0 Å². The molecule has 0 aliphatic rings. The van der Waals surface area contributed by atoms with E-state index in [0.717, 1.165) is 10.2 Å². The van der Waals surface area contributed by atoms with Gasteiger partial charge in [-0.15, -0.1) is 11.3 Å². The van der Waals surface area contributed by atoms with Crippen LogP contribution in [0.3, 0.4) is 0 Å². The summed E-state index contributed by atoms with van der Waals surface area (Å²) in [5.74, 6) is -0.301. The third-order valence-electron chi connectivity index (χ3n) is 4.05. The van der Waals surface area contributed by atoms with Crippen LogP contribution in [0.15, 0.2) is 84.9 Å². The van der Waals surface area contributed by atoms with E-state index < -0.39 is 0 Å². The highest BCUT2D eigenvalue weighted by atomic mass is 32.1. The lowest BCUT2D eigenvalue weighted by atomic mass is 10.00. The summed E-state index contributed by atoms with van der Waals surface area (Å²) in [6, 6.07) is 25.7. The molecule has 26 heavy (non-hydrogen) atoms. The molecule has 0 bridgehead atoms. The fourth-order valence-corrected chi connectivity index (χ4v) is 3.77. The number of allylic oxidation sites excluding steroid dienone is 1. The molecule has 0 aliphatic heterocycles. The number of aromatic nitrogens is 1. The number of aliphatic hydroxyl groups excluding tert-OH is 1. The Bertz CT molecular complexity index is 1070. The summed E-state index contributed by atoms with van der Waals surface area (Å²) < 4.78 is 0.974. The normalized spacial score (nSPS) is 12.0. The quantitative estimate of drug-likeness (QED) is 0.294. The second-order valence-electron chi connectivity index (χ2n) is 5.77. The molecule has 0 amide bonds. The standard InChI is InChI=1S/C22H15NO2S/c24-20(15-9-3-1-4-10-15)19(21(25)16-11-5-2-6-12-16)22-23-17-13-7-8-14-18(17)26-22/h1-14,24H. The molecule has 4 heteroatoms. The Morgan fingerprint density at radius 1 is 0.769 bits per heavy atom. The van der Waals surface area contributed by atoms with E-state index in [1.165, 1.54) is 11.3 Å².